The molecule has 0 fully saturated rings. The number of aryl methyl sites for hydroxylation is 2. The number of carbonyl (C=O) groups is 3. The van der Waals surface area contributed by atoms with Crippen molar-refractivity contribution < 1.29 is 38.4 Å². The Labute approximate surface area is 322 Å². The minimum absolute atomic E-state index is 0.0787. The lowest BCUT2D eigenvalue weighted by Gasteiger charge is -2.22. The number of carbonyl (C=O) groups excluding carboxylic acids is 2. The zero-order chi connectivity index (χ0) is 39.1. The molecule has 0 aliphatic heterocycles. The molecule has 1 heterocycles. The second-order valence-electron chi connectivity index (χ2n) is 13.1. The standard InChI is InChI=1S/C42H51N5O8/c1-31-17-18-44-36(27-31)9-3-5-12-41(49)46-39(30-55-26-25-54-24-23-53-22-21-52-20-19-45-47-43)40(48)28-35(29-42(50)51)32-13-15-34(16-14-32)38-11-6-8-33-7-2-4-10-37(33)38/h2,4,6-8,10-11,13-18,27,35,39H,3,5,9,12,19-26,28-30H2,1H3,(H,46,49)(H,50,51)/t35-,39+/m1/s1. The number of aromatic nitrogens is 1. The van der Waals surface area contributed by atoms with Gasteiger partial charge in [0.25, 0.3) is 0 Å². The number of rotatable bonds is 27. The number of azide groups is 1. The van der Waals surface area contributed by atoms with Crippen molar-refractivity contribution in [2.75, 3.05) is 59.4 Å². The average molecular weight is 754 g/mol. The number of carboxylic acids is 1. The van der Waals surface area contributed by atoms with E-state index in [1.807, 2.05) is 61.5 Å². The van der Waals surface area contributed by atoms with E-state index in [0.717, 1.165) is 51.6 Å². The van der Waals surface area contributed by atoms with Crippen molar-refractivity contribution in [2.24, 2.45) is 5.11 Å². The summed E-state index contributed by atoms with van der Waals surface area (Å²) in [5.74, 6) is -2.20. The van der Waals surface area contributed by atoms with Crippen LogP contribution in [0.25, 0.3) is 32.3 Å². The Morgan fingerprint density at radius 2 is 1.53 bits per heavy atom. The molecule has 0 aliphatic rings. The number of nitrogens with one attached hydrogen (secondary N) is 1. The fourth-order valence-electron chi connectivity index (χ4n) is 6.14. The topological polar surface area (TPSA) is 182 Å². The third kappa shape index (κ3) is 15.6. The van der Waals surface area contributed by atoms with Gasteiger partial charge >= 0.3 is 5.97 Å². The first-order valence-corrected chi connectivity index (χ1v) is 18.7. The number of ketones is 1. The Kier molecular flexibility index (Phi) is 18.8. The second-order valence-corrected chi connectivity index (χ2v) is 13.1. The molecule has 4 aromatic rings. The highest BCUT2D eigenvalue weighted by Gasteiger charge is 2.26. The van der Waals surface area contributed by atoms with E-state index in [1.165, 1.54) is 0 Å². The van der Waals surface area contributed by atoms with Gasteiger partial charge in [-0.3, -0.25) is 19.4 Å². The molecule has 4 rings (SSSR count). The van der Waals surface area contributed by atoms with Crippen molar-refractivity contribution in [1.29, 1.82) is 0 Å². The Morgan fingerprint density at radius 3 is 2.24 bits per heavy atom. The number of carboxylic acid groups (broad SMARTS) is 1. The van der Waals surface area contributed by atoms with E-state index in [1.54, 1.807) is 6.20 Å². The Morgan fingerprint density at radius 1 is 0.836 bits per heavy atom. The number of nitrogens with zero attached hydrogens (tertiary/aromatic N) is 4. The molecule has 292 valence electrons. The number of aliphatic carboxylic acids is 1. The largest absolute Gasteiger partial charge is 0.481 e. The lowest BCUT2D eigenvalue weighted by atomic mass is 9.87. The molecule has 0 bridgehead atoms. The maximum Gasteiger partial charge on any atom is 0.303 e. The van der Waals surface area contributed by atoms with Crippen LogP contribution in [0.3, 0.4) is 0 Å². The lowest BCUT2D eigenvalue weighted by Crippen LogP contribution is -2.44. The molecular weight excluding hydrogens is 702 g/mol. The van der Waals surface area contributed by atoms with Crippen LogP contribution in [0.1, 0.15) is 54.8 Å². The van der Waals surface area contributed by atoms with Gasteiger partial charge in [-0.15, -0.1) is 0 Å². The van der Waals surface area contributed by atoms with Gasteiger partial charge in [0.05, 0.1) is 59.3 Å². The van der Waals surface area contributed by atoms with Crippen LogP contribution in [0.5, 0.6) is 0 Å². The number of hydrogen-bond acceptors (Lipinski definition) is 9. The molecule has 55 heavy (non-hydrogen) atoms. The Balaban J connectivity index is 1.32. The molecule has 13 nitrogen and oxygen atoms in total. The summed E-state index contributed by atoms with van der Waals surface area (Å²) in [5, 5.41) is 18.3. The summed E-state index contributed by atoms with van der Waals surface area (Å²) >= 11 is 0. The second kappa shape index (κ2) is 24.3. The van der Waals surface area contributed by atoms with Crippen LogP contribution in [-0.2, 0) is 39.8 Å². The quantitative estimate of drug-likeness (QED) is 0.0280. The molecule has 1 amide bonds. The van der Waals surface area contributed by atoms with Crippen molar-refractivity contribution in [1.82, 2.24) is 10.3 Å². The van der Waals surface area contributed by atoms with Crippen LogP contribution in [0.2, 0.25) is 0 Å². The number of pyridine rings is 1. The molecule has 0 radical (unpaired) electrons. The van der Waals surface area contributed by atoms with E-state index < -0.39 is 17.9 Å². The molecule has 0 saturated heterocycles. The highest BCUT2D eigenvalue weighted by Crippen LogP contribution is 2.31. The van der Waals surface area contributed by atoms with Gasteiger partial charge in [-0.05, 0) is 76.9 Å². The Hall–Kier alpha value is -5.17. The number of Topliss-reactive ketones (excluding diaryl/α,β-unsaturated/α-hetero) is 1. The third-order valence-electron chi connectivity index (χ3n) is 8.93. The van der Waals surface area contributed by atoms with E-state index in [0.29, 0.717) is 39.5 Å². The van der Waals surface area contributed by atoms with E-state index in [9.17, 15) is 19.5 Å². The number of hydrogen-bond donors (Lipinski definition) is 2. The SMILES string of the molecule is Cc1ccnc(CCCCC(=O)N[C@@H](COCCOCCOCCOCCN=[N+]=[N-])C(=O)C[C@H](CC(=O)O)c2ccc(-c3cccc4ccccc34)cc2)c1. The van der Waals surface area contributed by atoms with Crippen LogP contribution in [-0.4, -0.2) is 93.2 Å². The predicted molar refractivity (Wildman–Crippen MR) is 210 cm³/mol. The van der Waals surface area contributed by atoms with Gasteiger partial charge in [-0.25, -0.2) is 0 Å². The van der Waals surface area contributed by atoms with Gasteiger partial charge < -0.3 is 29.4 Å². The van der Waals surface area contributed by atoms with Gasteiger partial charge in [0.2, 0.25) is 5.91 Å². The zero-order valence-corrected chi connectivity index (χ0v) is 31.4. The molecular formula is C42H51N5O8. The summed E-state index contributed by atoms with van der Waals surface area (Å²) in [4.78, 5) is 45.9. The maximum absolute atomic E-state index is 13.8. The zero-order valence-electron chi connectivity index (χ0n) is 31.4. The average Bonchev–Trinajstić information content (AvgIpc) is 3.18. The first kappa shape index (κ1) is 42.6. The van der Waals surface area contributed by atoms with Crippen LogP contribution < -0.4 is 5.32 Å². The first-order chi connectivity index (χ1) is 26.8. The van der Waals surface area contributed by atoms with Gasteiger partial charge in [0.15, 0.2) is 5.78 Å². The van der Waals surface area contributed by atoms with E-state index in [4.69, 9.17) is 24.5 Å². The summed E-state index contributed by atoms with van der Waals surface area (Å²) in [5.41, 5.74) is 13.1. The van der Waals surface area contributed by atoms with Gasteiger partial charge in [0.1, 0.15) is 6.04 Å². The van der Waals surface area contributed by atoms with Crippen LogP contribution in [0.15, 0.2) is 90.2 Å². The molecule has 0 spiro atoms. The summed E-state index contributed by atoms with van der Waals surface area (Å²) in [7, 11) is 0. The fourth-order valence-corrected chi connectivity index (χ4v) is 6.14. The van der Waals surface area contributed by atoms with Crippen LogP contribution in [0.4, 0.5) is 0 Å². The minimum Gasteiger partial charge on any atom is -0.481 e. The summed E-state index contributed by atoms with van der Waals surface area (Å²) in [6, 6.07) is 24.9. The molecule has 1 aromatic heterocycles. The number of unbranched alkanes of at least 4 members (excludes halogenated alkanes) is 1. The third-order valence-corrected chi connectivity index (χ3v) is 8.93. The molecule has 0 saturated carbocycles. The summed E-state index contributed by atoms with van der Waals surface area (Å²) in [6.45, 7) is 4.39. The number of benzene rings is 3. The number of amides is 1. The van der Waals surface area contributed by atoms with Crippen molar-refractivity contribution in [3.63, 3.8) is 0 Å². The minimum atomic E-state index is -1.02. The van der Waals surface area contributed by atoms with Gasteiger partial charge in [-0.2, -0.15) is 0 Å². The highest BCUT2D eigenvalue weighted by atomic mass is 16.6. The van der Waals surface area contributed by atoms with Crippen LogP contribution in [0, 0.1) is 6.92 Å². The molecule has 2 atom stereocenters. The van der Waals surface area contributed by atoms with Gasteiger partial charge in [-0.1, -0.05) is 71.8 Å². The van der Waals surface area contributed by atoms with E-state index >= 15 is 0 Å². The Bertz CT molecular complexity index is 1840. The first-order valence-electron chi connectivity index (χ1n) is 18.7. The lowest BCUT2D eigenvalue weighted by molar-refractivity contribution is -0.137. The molecule has 3 aromatic carbocycles. The highest BCUT2D eigenvalue weighted by molar-refractivity contribution is 5.96. The van der Waals surface area contributed by atoms with Gasteiger partial charge in [0, 0.05) is 42.1 Å². The van der Waals surface area contributed by atoms with E-state index in [-0.39, 0.29) is 57.3 Å². The number of fused-ring (bicyclic) bond motifs is 1. The fraction of sp³-hybridized carbons (Fsp3) is 0.429. The molecule has 0 aliphatic carbocycles. The van der Waals surface area contributed by atoms with Crippen molar-refractivity contribution >= 4 is 28.4 Å². The molecule has 13 heteroatoms. The summed E-state index contributed by atoms with van der Waals surface area (Å²) < 4.78 is 22.1. The normalized spacial score (nSPS) is 12.2. The smallest absolute Gasteiger partial charge is 0.303 e. The van der Waals surface area contributed by atoms with Crippen molar-refractivity contribution in [2.45, 2.75) is 57.4 Å². The maximum atomic E-state index is 13.8. The van der Waals surface area contributed by atoms with Crippen molar-refractivity contribution in [3.8, 4) is 11.1 Å². The molecule has 0 unspecified atom stereocenters. The molecule has 2 N–H and O–H groups in total. The monoisotopic (exact) mass is 753 g/mol. The van der Waals surface area contributed by atoms with Crippen molar-refractivity contribution in [3.05, 3.63) is 112 Å². The predicted octanol–water partition coefficient (Wildman–Crippen LogP) is 7.00. The van der Waals surface area contributed by atoms with Crippen LogP contribution >= 0.6 is 0 Å². The van der Waals surface area contributed by atoms with E-state index in [2.05, 4.69) is 44.6 Å². The summed E-state index contributed by atoms with van der Waals surface area (Å²) in [6.07, 6.45) is 3.80. The number of ether oxygens (including phenoxy) is 4.